The summed E-state index contributed by atoms with van der Waals surface area (Å²) in [6.45, 7) is 4.85. The maximum atomic E-state index is 11.1. The van der Waals surface area contributed by atoms with Crippen LogP contribution in [0.15, 0.2) is 12.7 Å². The van der Waals surface area contributed by atoms with Gasteiger partial charge >= 0.3 is 5.97 Å². The van der Waals surface area contributed by atoms with Crippen molar-refractivity contribution in [3.8, 4) is 0 Å². The monoisotopic (exact) mass is 256 g/mol. The van der Waals surface area contributed by atoms with Crippen LogP contribution in [0.2, 0.25) is 0 Å². The lowest BCUT2D eigenvalue weighted by Gasteiger charge is -2.28. The van der Waals surface area contributed by atoms with Gasteiger partial charge in [-0.15, -0.1) is 6.58 Å². The van der Waals surface area contributed by atoms with E-state index in [4.69, 9.17) is 17.3 Å². The summed E-state index contributed by atoms with van der Waals surface area (Å²) in [6.07, 6.45) is 5.62. The summed E-state index contributed by atoms with van der Waals surface area (Å²) in [5, 5.41) is 15.7. The molecule has 5 heteroatoms. The van der Waals surface area contributed by atoms with Gasteiger partial charge in [0.15, 0.2) is 5.11 Å². The molecule has 1 aliphatic rings. The quantitative estimate of drug-likeness (QED) is 0.514. The molecule has 4 nitrogen and oxygen atoms in total. The Balaban J connectivity index is 2.35. The Bertz CT molecular complexity index is 294. The third-order valence-electron chi connectivity index (χ3n) is 3.16. The lowest BCUT2D eigenvalue weighted by atomic mass is 9.79. The molecule has 3 N–H and O–H groups in total. The fraction of sp³-hybridized carbons (Fsp3) is 0.667. The van der Waals surface area contributed by atoms with Gasteiger partial charge in [0.05, 0.1) is 5.92 Å². The van der Waals surface area contributed by atoms with Gasteiger partial charge in [-0.1, -0.05) is 18.9 Å². The van der Waals surface area contributed by atoms with Crippen LogP contribution in [0, 0.1) is 11.8 Å². The standard InChI is InChI=1S/C12H20N2O2S/c1-2-7-13-12(17)14-8-9-5-3-4-6-10(9)11(15)16/h2,9-10H,1,3-8H2,(H,15,16)(H2,13,14,17)/t9-,10-/m0/s1. The van der Waals surface area contributed by atoms with Crippen LogP contribution in [-0.4, -0.2) is 29.3 Å². The Morgan fingerprint density at radius 1 is 1.41 bits per heavy atom. The van der Waals surface area contributed by atoms with Crippen molar-refractivity contribution in [1.29, 1.82) is 0 Å². The van der Waals surface area contributed by atoms with Crippen molar-refractivity contribution in [2.45, 2.75) is 25.7 Å². The van der Waals surface area contributed by atoms with E-state index in [1.54, 1.807) is 6.08 Å². The van der Waals surface area contributed by atoms with Crippen LogP contribution in [0.5, 0.6) is 0 Å². The van der Waals surface area contributed by atoms with Crippen molar-refractivity contribution in [2.75, 3.05) is 13.1 Å². The second-order valence-electron chi connectivity index (χ2n) is 4.37. The Morgan fingerprint density at radius 2 is 2.12 bits per heavy atom. The molecule has 2 atom stereocenters. The van der Waals surface area contributed by atoms with Gasteiger partial charge in [0.2, 0.25) is 0 Å². The third kappa shape index (κ3) is 4.73. The molecular weight excluding hydrogens is 236 g/mol. The summed E-state index contributed by atoms with van der Waals surface area (Å²) in [5.74, 6) is -0.718. The van der Waals surface area contributed by atoms with E-state index in [0.29, 0.717) is 18.2 Å². The van der Waals surface area contributed by atoms with E-state index < -0.39 is 5.97 Å². The maximum absolute atomic E-state index is 11.1. The highest BCUT2D eigenvalue weighted by Crippen LogP contribution is 2.29. The highest BCUT2D eigenvalue weighted by Gasteiger charge is 2.30. The molecule has 0 aliphatic heterocycles. The smallest absolute Gasteiger partial charge is 0.306 e. The Hall–Kier alpha value is -1.10. The minimum Gasteiger partial charge on any atom is -0.481 e. The van der Waals surface area contributed by atoms with Gasteiger partial charge in [-0.25, -0.2) is 0 Å². The summed E-state index contributed by atoms with van der Waals surface area (Å²) in [5.41, 5.74) is 0. The molecule has 0 aromatic rings. The molecule has 1 fully saturated rings. The van der Waals surface area contributed by atoms with Crippen molar-refractivity contribution < 1.29 is 9.90 Å². The fourth-order valence-corrected chi connectivity index (χ4v) is 2.39. The van der Waals surface area contributed by atoms with E-state index in [-0.39, 0.29) is 11.8 Å². The fourth-order valence-electron chi connectivity index (χ4n) is 2.23. The Morgan fingerprint density at radius 3 is 2.76 bits per heavy atom. The highest BCUT2D eigenvalue weighted by atomic mass is 32.1. The van der Waals surface area contributed by atoms with Crippen molar-refractivity contribution in [3.05, 3.63) is 12.7 Å². The number of hydrogen-bond acceptors (Lipinski definition) is 2. The number of rotatable bonds is 5. The van der Waals surface area contributed by atoms with Gasteiger partial charge in [0.25, 0.3) is 0 Å². The summed E-state index contributed by atoms with van der Waals surface area (Å²) in [6, 6.07) is 0. The molecule has 0 bridgehead atoms. The maximum Gasteiger partial charge on any atom is 0.306 e. The second kappa shape index (κ2) is 7.27. The predicted molar refractivity (Wildman–Crippen MR) is 71.9 cm³/mol. The summed E-state index contributed by atoms with van der Waals surface area (Å²) >= 11 is 5.07. The van der Waals surface area contributed by atoms with Crippen LogP contribution in [0.4, 0.5) is 0 Å². The van der Waals surface area contributed by atoms with E-state index in [2.05, 4.69) is 17.2 Å². The van der Waals surface area contributed by atoms with Crippen LogP contribution < -0.4 is 10.6 Å². The number of aliphatic carboxylic acids is 1. The van der Waals surface area contributed by atoms with Gasteiger partial charge in [-0.2, -0.15) is 0 Å². The number of thiocarbonyl (C=S) groups is 1. The zero-order valence-electron chi connectivity index (χ0n) is 9.95. The number of carboxylic acids is 1. The zero-order valence-corrected chi connectivity index (χ0v) is 10.8. The minimum atomic E-state index is -0.679. The van der Waals surface area contributed by atoms with Gasteiger partial charge in [0.1, 0.15) is 0 Å². The molecule has 0 aromatic heterocycles. The number of hydrogen-bond donors (Lipinski definition) is 3. The van der Waals surface area contributed by atoms with Gasteiger partial charge < -0.3 is 15.7 Å². The first kappa shape index (κ1) is 14.0. The topological polar surface area (TPSA) is 61.4 Å². The van der Waals surface area contributed by atoms with Gasteiger partial charge in [-0.05, 0) is 31.0 Å². The number of carboxylic acid groups (broad SMARTS) is 1. The molecule has 0 aromatic carbocycles. The van der Waals surface area contributed by atoms with Crippen LogP contribution in [0.25, 0.3) is 0 Å². The van der Waals surface area contributed by atoms with E-state index in [0.717, 1.165) is 25.7 Å². The van der Waals surface area contributed by atoms with E-state index in [1.807, 2.05) is 0 Å². The SMILES string of the molecule is C=CCNC(=S)NC[C@@H]1CCCC[C@@H]1C(=O)O. The molecule has 0 radical (unpaired) electrons. The summed E-state index contributed by atoms with van der Waals surface area (Å²) < 4.78 is 0. The van der Waals surface area contributed by atoms with Crippen LogP contribution in [0.3, 0.4) is 0 Å². The lowest BCUT2D eigenvalue weighted by Crippen LogP contribution is -2.41. The molecule has 0 amide bonds. The minimum absolute atomic E-state index is 0.185. The molecule has 0 spiro atoms. The predicted octanol–water partition coefficient (Wildman–Crippen LogP) is 1.53. The average molecular weight is 256 g/mol. The largest absolute Gasteiger partial charge is 0.481 e. The van der Waals surface area contributed by atoms with Crippen molar-refractivity contribution in [1.82, 2.24) is 10.6 Å². The van der Waals surface area contributed by atoms with Crippen LogP contribution in [-0.2, 0) is 4.79 Å². The molecule has 1 rings (SSSR count). The molecular formula is C12H20N2O2S. The second-order valence-corrected chi connectivity index (χ2v) is 4.78. The Labute approximate surface area is 107 Å². The lowest BCUT2D eigenvalue weighted by molar-refractivity contribution is -0.144. The van der Waals surface area contributed by atoms with Crippen LogP contribution >= 0.6 is 12.2 Å². The van der Waals surface area contributed by atoms with E-state index in [9.17, 15) is 4.79 Å². The molecule has 1 saturated carbocycles. The highest BCUT2D eigenvalue weighted by molar-refractivity contribution is 7.80. The van der Waals surface area contributed by atoms with Gasteiger partial charge in [-0.3, -0.25) is 4.79 Å². The van der Waals surface area contributed by atoms with Crippen LogP contribution in [0.1, 0.15) is 25.7 Å². The van der Waals surface area contributed by atoms with E-state index in [1.165, 1.54) is 0 Å². The zero-order chi connectivity index (χ0) is 12.7. The Kier molecular flexibility index (Phi) is 5.97. The molecule has 0 heterocycles. The summed E-state index contributed by atoms with van der Waals surface area (Å²) in [7, 11) is 0. The van der Waals surface area contributed by atoms with Gasteiger partial charge in [0, 0.05) is 13.1 Å². The molecule has 0 saturated heterocycles. The molecule has 17 heavy (non-hydrogen) atoms. The number of nitrogens with one attached hydrogen (secondary N) is 2. The molecule has 1 aliphatic carbocycles. The normalized spacial score (nSPS) is 23.8. The van der Waals surface area contributed by atoms with Crippen molar-refractivity contribution in [2.24, 2.45) is 11.8 Å². The van der Waals surface area contributed by atoms with Crippen molar-refractivity contribution in [3.63, 3.8) is 0 Å². The molecule has 0 unspecified atom stereocenters. The first-order valence-corrected chi connectivity index (χ1v) is 6.41. The summed E-state index contributed by atoms with van der Waals surface area (Å²) in [4.78, 5) is 11.1. The average Bonchev–Trinajstić information content (AvgIpc) is 2.34. The first-order valence-electron chi connectivity index (χ1n) is 6.00. The number of carbonyl (C=O) groups is 1. The van der Waals surface area contributed by atoms with E-state index >= 15 is 0 Å². The first-order chi connectivity index (χ1) is 8.15. The molecule has 96 valence electrons. The van der Waals surface area contributed by atoms with Crippen molar-refractivity contribution >= 4 is 23.3 Å². The third-order valence-corrected chi connectivity index (χ3v) is 3.45.